The van der Waals surface area contributed by atoms with Crippen LogP contribution in [0.1, 0.15) is 23.2 Å². The minimum Gasteiger partial charge on any atom is -0.457 e. The molecule has 0 bridgehead atoms. The second-order valence-electron chi connectivity index (χ2n) is 8.77. The van der Waals surface area contributed by atoms with Crippen LogP contribution >= 0.6 is 0 Å². The van der Waals surface area contributed by atoms with Gasteiger partial charge in [-0.25, -0.2) is 4.98 Å². The fraction of sp³-hybridized carbons (Fsp3) is 0.0741. The molecule has 2 aromatic heterocycles. The summed E-state index contributed by atoms with van der Waals surface area (Å²) in [5.41, 5.74) is -0.871. The van der Waals surface area contributed by atoms with Gasteiger partial charge in [0.1, 0.15) is 11.5 Å². The number of fused-ring (bicyclic) bond motifs is 1. The molecule has 0 aliphatic heterocycles. The first kappa shape index (κ1) is 27.7. The molecule has 0 aliphatic carbocycles. The number of nitrogens with zero attached hydrogens (tertiary/aromatic N) is 5. The Morgan fingerprint density at radius 2 is 1.62 bits per heavy atom. The van der Waals surface area contributed by atoms with E-state index in [-0.39, 0.29) is 28.8 Å². The number of anilines is 2. The predicted octanol–water partition coefficient (Wildman–Crippen LogP) is 5.72. The Morgan fingerprint density at radius 1 is 0.905 bits per heavy atom. The molecule has 2 N–H and O–H groups in total. The first-order valence-corrected chi connectivity index (χ1v) is 12.0. The third-order valence-electron chi connectivity index (χ3n) is 5.65. The van der Waals surface area contributed by atoms with Crippen molar-refractivity contribution in [1.82, 2.24) is 19.6 Å². The van der Waals surface area contributed by atoms with Crippen molar-refractivity contribution in [2.45, 2.75) is 13.1 Å². The van der Waals surface area contributed by atoms with Crippen molar-refractivity contribution in [3.63, 3.8) is 0 Å². The highest BCUT2D eigenvalue weighted by molar-refractivity contribution is 6.02. The van der Waals surface area contributed by atoms with E-state index >= 15 is 0 Å². The molecule has 0 atom stereocenters. The number of benzene rings is 3. The molecule has 0 saturated heterocycles. The summed E-state index contributed by atoms with van der Waals surface area (Å²) < 4.78 is 47.7. The molecule has 2 amide bonds. The summed E-state index contributed by atoms with van der Waals surface area (Å²) in [4.78, 5) is 43.0. The molecule has 0 fully saturated rings. The molecule has 2 heterocycles. The molecular weight excluding hydrogens is 559 g/mol. The van der Waals surface area contributed by atoms with Crippen LogP contribution in [0.25, 0.3) is 17.0 Å². The van der Waals surface area contributed by atoms with E-state index in [2.05, 4.69) is 25.7 Å². The minimum absolute atomic E-state index is 0.0248. The Kier molecular flexibility index (Phi) is 7.23. The summed E-state index contributed by atoms with van der Waals surface area (Å²) in [6, 6.07) is 18.5. The largest absolute Gasteiger partial charge is 0.457 e. The van der Waals surface area contributed by atoms with Crippen molar-refractivity contribution in [3.8, 4) is 22.8 Å². The van der Waals surface area contributed by atoms with Crippen LogP contribution in [0.2, 0.25) is 0 Å². The van der Waals surface area contributed by atoms with Crippen LogP contribution in [0.15, 0.2) is 78.9 Å². The van der Waals surface area contributed by atoms with Crippen molar-refractivity contribution in [2.75, 3.05) is 10.6 Å². The van der Waals surface area contributed by atoms with Gasteiger partial charge < -0.3 is 15.4 Å². The summed E-state index contributed by atoms with van der Waals surface area (Å²) in [5, 5.41) is 20.2. The van der Waals surface area contributed by atoms with Gasteiger partial charge in [-0.1, -0.05) is 30.3 Å². The molecular formula is C27H18F3N7O5. The van der Waals surface area contributed by atoms with Gasteiger partial charge in [0, 0.05) is 30.3 Å². The molecule has 212 valence electrons. The number of nitro groups is 1. The molecule has 0 unspecified atom stereocenters. The summed E-state index contributed by atoms with van der Waals surface area (Å²) in [6.45, 7) is 1.35. The van der Waals surface area contributed by atoms with Crippen LogP contribution in [0, 0.1) is 10.1 Å². The maximum Gasteiger partial charge on any atom is 0.433 e. The van der Waals surface area contributed by atoms with Crippen molar-refractivity contribution < 1.29 is 32.4 Å². The first-order valence-electron chi connectivity index (χ1n) is 12.0. The molecule has 0 spiro atoms. The van der Waals surface area contributed by atoms with Gasteiger partial charge in [-0.05, 0) is 30.3 Å². The molecule has 5 rings (SSSR count). The Morgan fingerprint density at radius 3 is 2.26 bits per heavy atom. The maximum absolute atomic E-state index is 13.9. The smallest absolute Gasteiger partial charge is 0.433 e. The quantitative estimate of drug-likeness (QED) is 0.184. The van der Waals surface area contributed by atoms with Crippen molar-refractivity contribution >= 4 is 34.7 Å². The summed E-state index contributed by atoms with van der Waals surface area (Å²) in [7, 11) is 0. The normalized spacial score (nSPS) is 11.2. The Labute approximate surface area is 233 Å². The minimum atomic E-state index is -4.85. The van der Waals surface area contributed by atoms with E-state index in [1.807, 2.05) is 0 Å². The van der Waals surface area contributed by atoms with E-state index in [0.717, 1.165) is 18.2 Å². The molecule has 0 saturated carbocycles. The second kappa shape index (κ2) is 11.0. The highest BCUT2D eigenvalue weighted by Crippen LogP contribution is 2.33. The number of carbonyl (C=O) groups excluding carboxylic acids is 2. The van der Waals surface area contributed by atoms with Gasteiger partial charge >= 0.3 is 6.18 Å². The monoisotopic (exact) mass is 577 g/mol. The Balaban J connectivity index is 1.45. The van der Waals surface area contributed by atoms with E-state index < -0.39 is 40.0 Å². The molecule has 3 aromatic carbocycles. The van der Waals surface area contributed by atoms with Crippen LogP contribution in [0.3, 0.4) is 0 Å². The van der Waals surface area contributed by atoms with Crippen molar-refractivity contribution in [3.05, 3.63) is 100 Å². The number of amides is 2. The predicted molar refractivity (Wildman–Crippen MR) is 143 cm³/mol. The number of nitrogens with one attached hydrogen (secondary N) is 2. The molecule has 12 nitrogen and oxygen atoms in total. The lowest BCUT2D eigenvalue weighted by Crippen LogP contribution is -2.16. The maximum atomic E-state index is 13.9. The van der Waals surface area contributed by atoms with Crippen molar-refractivity contribution in [1.29, 1.82) is 0 Å². The fourth-order valence-electron chi connectivity index (χ4n) is 3.88. The number of halogens is 3. The van der Waals surface area contributed by atoms with Gasteiger partial charge in [-0.2, -0.15) is 22.7 Å². The average molecular weight is 577 g/mol. The number of nitro benzene ring substituents is 1. The van der Waals surface area contributed by atoms with E-state index in [1.54, 1.807) is 42.5 Å². The lowest BCUT2D eigenvalue weighted by molar-refractivity contribution is -0.384. The van der Waals surface area contributed by atoms with Gasteiger partial charge in [-0.15, -0.1) is 5.10 Å². The van der Waals surface area contributed by atoms with Crippen molar-refractivity contribution in [2.24, 2.45) is 0 Å². The summed E-state index contributed by atoms with van der Waals surface area (Å²) in [5.74, 6) is -2.20. The van der Waals surface area contributed by atoms with Gasteiger partial charge in [0.2, 0.25) is 11.7 Å². The SMILES string of the molecule is CC(=O)Nc1ccc(Oc2cc(NC(=O)c3nc4nc(-c5ccccc5)cc(C(F)(F)F)n4n3)cc([N+](=O)[O-])c2)cc1. The first-order chi connectivity index (χ1) is 20.0. The standard InChI is InChI=1S/C27H18F3N7O5/c1-15(38)31-17-7-9-20(10-8-17)42-21-12-18(11-19(13-21)37(40)41)32-25(39)24-34-26-33-22(16-5-3-2-4-6-16)14-23(27(28,29)30)36(26)35-24/h2-14H,1H3,(H,31,38)(H,32,39). The topological polar surface area (TPSA) is 154 Å². The molecule has 0 radical (unpaired) electrons. The Bertz CT molecular complexity index is 1820. The van der Waals surface area contributed by atoms with Gasteiger partial charge in [-0.3, -0.25) is 19.7 Å². The van der Waals surface area contributed by atoms with Crippen LogP contribution in [0.4, 0.5) is 30.2 Å². The number of hydrogen-bond acceptors (Lipinski definition) is 8. The van der Waals surface area contributed by atoms with E-state index in [9.17, 15) is 32.9 Å². The highest BCUT2D eigenvalue weighted by Gasteiger charge is 2.36. The molecule has 0 aliphatic rings. The number of hydrogen-bond donors (Lipinski definition) is 2. The molecule has 5 aromatic rings. The van der Waals surface area contributed by atoms with Crippen LogP contribution < -0.4 is 15.4 Å². The number of alkyl halides is 3. The number of ether oxygens (including phenoxy) is 1. The second-order valence-corrected chi connectivity index (χ2v) is 8.77. The zero-order valence-corrected chi connectivity index (χ0v) is 21.4. The average Bonchev–Trinajstić information content (AvgIpc) is 3.37. The number of rotatable bonds is 7. The van der Waals surface area contributed by atoms with Gasteiger partial charge in [0.15, 0.2) is 5.69 Å². The Hall–Kier alpha value is -5.86. The van der Waals surface area contributed by atoms with Crippen LogP contribution in [0.5, 0.6) is 11.5 Å². The van der Waals surface area contributed by atoms with E-state index in [1.165, 1.54) is 25.1 Å². The lowest BCUT2D eigenvalue weighted by atomic mass is 10.1. The zero-order valence-electron chi connectivity index (χ0n) is 21.4. The van der Waals surface area contributed by atoms with Crippen LogP contribution in [-0.4, -0.2) is 36.3 Å². The number of carbonyl (C=O) groups is 2. The molecule has 15 heteroatoms. The highest BCUT2D eigenvalue weighted by atomic mass is 19.4. The third kappa shape index (κ3) is 6.14. The van der Waals surface area contributed by atoms with E-state index in [4.69, 9.17) is 4.74 Å². The fourth-order valence-corrected chi connectivity index (χ4v) is 3.88. The summed E-state index contributed by atoms with van der Waals surface area (Å²) >= 11 is 0. The summed E-state index contributed by atoms with van der Waals surface area (Å²) in [6.07, 6.45) is -4.85. The molecule has 42 heavy (non-hydrogen) atoms. The number of aromatic nitrogens is 4. The lowest BCUT2D eigenvalue weighted by Gasteiger charge is -2.10. The third-order valence-corrected chi connectivity index (χ3v) is 5.65. The zero-order chi connectivity index (χ0) is 30.0. The van der Waals surface area contributed by atoms with E-state index in [0.29, 0.717) is 15.8 Å². The van der Waals surface area contributed by atoms with Gasteiger partial charge in [0.05, 0.1) is 22.4 Å². The van der Waals surface area contributed by atoms with Crippen LogP contribution in [-0.2, 0) is 11.0 Å². The van der Waals surface area contributed by atoms with Gasteiger partial charge in [0.25, 0.3) is 17.4 Å². The number of non-ortho nitro benzene ring substituents is 1.